The Morgan fingerprint density at radius 2 is 1.57 bits per heavy atom. The molecule has 0 unspecified atom stereocenters. The number of halogens is 5. The lowest BCUT2D eigenvalue weighted by Crippen LogP contribution is -2.34. The Hall–Kier alpha value is -1.92. The van der Waals surface area contributed by atoms with Crippen LogP contribution in [0.1, 0.15) is 31.2 Å². The molecule has 2 rings (SSSR count). The van der Waals surface area contributed by atoms with E-state index in [1.807, 2.05) is 0 Å². The van der Waals surface area contributed by atoms with Crippen LogP contribution in [-0.2, 0) is 5.92 Å². The fraction of sp³-hybridized carbons (Fsp3) is 0.357. The summed E-state index contributed by atoms with van der Waals surface area (Å²) < 4.78 is 69.5. The molecule has 2 aromatic rings. The third kappa shape index (κ3) is 2.77. The van der Waals surface area contributed by atoms with E-state index in [0.29, 0.717) is 5.56 Å². The van der Waals surface area contributed by atoms with Gasteiger partial charge in [0.25, 0.3) is 0 Å². The molecular formula is C14H12F5NO. The van der Waals surface area contributed by atoms with Crippen LogP contribution in [0.15, 0.2) is 34.7 Å². The van der Waals surface area contributed by atoms with Crippen LogP contribution in [0.3, 0.4) is 0 Å². The summed E-state index contributed by atoms with van der Waals surface area (Å²) in [5.41, 5.74) is -0.0557. The van der Waals surface area contributed by atoms with Crippen molar-refractivity contribution in [1.82, 2.24) is 4.98 Å². The third-order valence-corrected chi connectivity index (χ3v) is 2.86. The van der Waals surface area contributed by atoms with E-state index in [1.165, 1.54) is 26.0 Å². The van der Waals surface area contributed by atoms with Gasteiger partial charge in [0.15, 0.2) is 0 Å². The van der Waals surface area contributed by atoms with Gasteiger partial charge in [-0.3, -0.25) is 0 Å². The standard InChI is InChI=1S/C14H12F5NO/c1-8(2)10-11(13(15,16)14(17,18)19)21-12(20-10)9-6-4-3-5-7-9/h3-8H,1-2H3. The van der Waals surface area contributed by atoms with Crippen molar-refractivity contribution < 1.29 is 26.4 Å². The minimum atomic E-state index is -5.73. The summed E-state index contributed by atoms with van der Waals surface area (Å²) in [4.78, 5) is 3.81. The number of alkyl halides is 5. The highest BCUT2D eigenvalue weighted by Gasteiger charge is 2.62. The van der Waals surface area contributed by atoms with Crippen molar-refractivity contribution in [3.05, 3.63) is 41.8 Å². The molecule has 1 aromatic heterocycles. The molecule has 0 aliphatic carbocycles. The monoisotopic (exact) mass is 305 g/mol. The van der Waals surface area contributed by atoms with Crippen molar-refractivity contribution in [2.45, 2.75) is 31.9 Å². The molecule has 0 bridgehead atoms. The Labute approximate surface area is 117 Å². The van der Waals surface area contributed by atoms with E-state index < -0.39 is 29.5 Å². The second-order valence-electron chi connectivity index (χ2n) is 4.83. The van der Waals surface area contributed by atoms with Gasteiger partial charge < -0.3 is 4.42 Å². The topological polar surface area (TPSA) is 26.0 Å². The number of aromatic nitrogens is 1. The lowest BCUT2D eigenvalue weighted by Gasteiger charge is -2.18. The highest BCUT2D eigenvalue weighted by molar-refractivity contribution is 5.53. The van der Waals surface area contributed by atoms with E-state index in [-0.39, 0.29) is 5.89 Å². The second kappa shape index (κ2) is 5.13. The zero-order chi connectivity index (χ0) is 15.8. The van der Waals surface area contributed by atoms with Crippen LogP contribution >= 0.6 is 0 Å². The van der Waals surface area contributed by atoms with E-state index in [0.717, 1.165) is 0 Å². The van der Waals surface area contributed by atoms with Gasteiger partial charge in [-0.05, 0) is 18.1 Å². The number of benzene rings is 1. The summed E-state index contributed by atoms with van der Waals surface area (Å²) in [6.45, 7) is 2.95. The average molecular weight is 305 g/mol. The van der Waals surface area contributed by atoms with Crippen LogP contribution in [-0.4, -0.2) is 11.2 Å². The Kier molecular flexibility index (Phi) is 3.78. The first-order valence-corrected chi connectivity index (χ1v) is 6.15. The fourth-order valence-corrected chi connectivity index (χ4v) is 1.78. The van der Waals surface area contributed by atoms with Gasteiger partial charge in [-0.1, -0.05) is 32.0 Å². The van der Waals surface area contributed by atoms with Crippen molar-refractivity contribution in [3.8, 4) is 11.5 Å². The van der Waals surface area contributed by atoms with Crippen LogP contribution in [0.25, 0.3) is 11.5 Å². The maximum atomic E-state index is 13.6. The molecule has 0 aliphatic heterocycles. The molecule has 0 radical (unpaired) electrons. The number of oxazole rings is 1. The molecule has 0 fully saturated rings. The predicted octanol–water partition coefficient (Wildman–Crippen LogP) is 5.12. The molecule has 0 N–H and O–H groups in total. The molecule has 1 heterocycles. The lowest BCUT2D eigenvalue weighted by molar-refractivity contribution is -0.295. The van der Waals surface area contributed by atoms with Gasteiger partial charge >= 0.3 is 12.1 Å². The van der Waals surface area contributed by atoms with Crippen molar-refractivity contribution >= 4 is 0 Å². The van der Waals surface area contributed by atoms with E-state index >= 15 is 0 Å². The van der Waals surface area contributed by atoms with Gasteiger partial charge in [-0.15, -0.1) is 0 Å². The van der Waals surface area contributed by atoms with Gasteiger partial charge in [-0.2, -0.15) is 22.0 Å². The summed E-state index contributed by atoms with van der Waals surface area (Å²) in [6.07, 6.45) is -5.73. The van der Waals surface area contributed by atoms with Gasteiger partial charge in [-0.25, -0.2) is 4.98 Å². The summed E-state index contributed by atoms with van der Waals surface area (Å²) in [5.74, 6) is -7.40. The summed E-state index contributed by atoms with van der Waals surface area (Å²) in [5, 5.41) is 0. The first-order chi connectivity index (χ1) is 9.64. The Morgan fingerprint density at radius 3 is 2.05 bits per heavy atom. The molecule has 114 valence electrons. The predicted molar refractivity (Wildman–Crippen MR) is 66.0 cm³/mol. The molecule has 1 aromatic carbocycles. The minimum absolute atomic E-state index is 0.252. The van der Waals surface area contributed by atoms with Crippen molar-refractivity contribution in [1.29, 1.82) is 0 Å². The summed E-state index contributed by atoms with van der Waals surface area (Å²) >= 11 is 0. The first-order valence-electron chi connectivity index (χ1n) is 6.15. The fourth-order valence-electron chi connectivity index (χ4n) is 1.78. The number of hydrogen-bond donors (Lipinski definition) is 0. The molecule has 0 atom stereocenters. The molecule has 0 aliphatic rings. The SMILES string of the molecule is CC(C)c1nc(-c2ccccc2)oc1C(F)(F)C(F)(F)F. The first kappa shape index (κ1) is 15.5. The highest BCUT2D eigenvalue weighted by Crippen LogP contribution is 2.47. The van der Waals surface area contributed by atoms with Crippen LogP contribution in [0.4, 0.5) is 22.0 Å². The highest BCUT2D eigenvalue weighted by atomic mass is 19.4. The molecule has 21 heavy (non-hydrogen) atoms. The molecule has 0 saturated carbocycles. The normalized spacial score (nSPS) is 13.0. The zero-order valence-corrected chi connectivity index (χ0v) is 11.2. The van der Waals surface area contributed by atoms with Crippen LogP contribution in [0.5, 0.6) is 0 Å². The quantitative estimate of drug-likeness (QED) is 0.736. The molecule has 0 amide bonds. The van der Waals surface area contributed by atoms with Crippen molar-refractivity contribution in [2.75, 3.05) is 0 Å². The van der Waals surface area contributed by atoms with Crippen molar-refractivity contribution in [2.24, 2.45) is 0 Å². The molecular weight excluding hydrogens is 293 g/mol. The largest absolute Gasteiger partial charge is 0.461 e. The minimum Gasteiger partial charge on any atom is -0.434 e. The second-order valence-corrected chi connectivity index (χ2v) is 4.83. The van der Waals surface area contributed by atoms with E-state index in [4.69, 9.17) is 4.42 Å². The third-order valence-electron chi connectivity index (χ3n) is 2.86. The van der Waals surface area contributed by atoms with E-state index in [9.17, 15) is 22.0 Å². The van der Waals surface area contributed by atoms with E-state index in [1.54, 1.807) is 18.2 Å². The number of hydrogen-bond acceptors (Lipinski definition) is 2. The molecule has 0 spiro atoms. The maximum absolute atomic E-state index is 13.6. The van der Waals surface area contributed by atoms with Gasteiger partial charge in [0.05, 0.1) is 5.69 Å². The van der Waals surface area contributed by atoms with Crippen LogP contribution in [0, 0.1) is 0 Å². The molecule has 0 saturated heterocycles. The van der Waals surface area contributed by atoms with Crippen molar-refractivity contribution in [3.63, 3.8) is 0 Å². The molecule has 2 nitrogen and oxygen atoms in total. The Morgan fingerprint density at radius 1 is 1.00 bits per heavy atom. The van der Waals surface area contributed by atoms with Gasteiger partial charge in [0.2, 0.25) is 11.7 Å². The van der Waals surface area contributed by atoms with E-state index in [2.05, 4.69) is 4.98 Å². The maximum Gasteiger partial charge on any atom is 0.461 e. The smallest absolute Gasteiger partial charge is 0.434 e. The summed E-state index contributed by atoms with van der Waals surface area (Å²) in [7, 11) is 0. The van der Waals surface area contributed by atoms with Gasteiger partial charge in [0, 0.05) is 5.56 Å². The van der Waals surface area contributed by atoms with Crippen LogP contribution < -0.4 is 0 Å². The number of nitrogens with zero attached hydrogens (tertiary/aromatic N) is 1. The Balaban J connectivity index is 2.59. The zero-order valence-electron chi connectivity index (χ0n) is 11.2. The average Bonchev–Trinajstić information content (AvgIpc) is 2.84. The van der Waals surface area contributed by atoms with Gasteiger partial charge in [0.1, 0.15) is 0 Å². The Bertz CT molecular complexity index is 616. The molecule has 7 heteroatoms. The lowest BCUT2D eigenvalue weighted by atomic mass is 10.1. The van der Waals surface area contributed by atoms with Crippen LogP contribution in [0.2, 0.25) is 0 Å². The summed E-state index contributed by atoms with van der Waals surface area (Å²) in [6, 6.07) is 7.93. The number of rotatable bonds is 3.